The van der Waals surface area contributed by atoms with Gasteiger partial charge in [-0.15, -0.1) is 10.2 Å². The van der Waals surface area contributed by atoms with Gasteiger partial charge < -0.3 is 4.74 Å². The number of hydrogen-bond acceptors (Lipinski definition) is 4. The maximum atomic E-state index is 5.61. The van der Waals surface area contributed by atoms with E-state index in [1.807, 2.05) is 0 Å². The molecular weight excluding hydrogens is 184 g/mol. The molecule has 58 valence electrons. The molecule has 1 aromatic heterocycles. The highest BCUT2D eigenvalue weighted by molar-refractivity contribution is 7.99. The van der Waals surface area contributed by atoms with Crippen molar-refractivity contribution >= 4 is 23.4 Å². The molecule has 0 bridgehead atoms. The zero-order valence-electron chi connectivity index (χ0n) is 5.58. The standard InChI is InChI=1S/C6H5ClN2OS/c7-5-3-4-6(9-8-5)11-2-1-10-4/h3H,1-2H2. The van der Waals surface area contributed by atoms with Gasteiger partial charge in [0.05, 0.1) is 6.61 Å². The molecule has 3 nitrogen and oxygen atoms in total. The van der Waals surface area contributed by atoms with Crippen LogP contribution in [-0.2, 0) is 0 Å². The Labute approximate surface area is 73.1 Å². The average molecular weight is 189 g/mol. The molecule has 11 heavy (non-hydrogen) atoms. The molecule has 2 rings (SSSR count). The fourth-order valence-electron chi connectivity index (χ4n) is 0.835. The third-order valence-corrected chi connectivity index (χ3v) is 2.39. The molecule has 0 aromatic carbocycles. The first kappa shape index (κ1) is 7.18. The first-order valence-corrected chi connectivity index (χ1v) is 4.51. The SMILES string of the molecule is Clc1cc2c(nn1)SCCO2. The van der Waals surface area contributed by atoms with E-state index < -0.39 is 0 Å². The fraction of sp³-hybridized carbons (Fsp3) is 0.333. The summed E-state index contributed by atoms with van der Waals surface area (Å²) in [5.41, 5.74) is 0. The summed E-state index contributed by atoms with van der Waals surface area (Å²) in [5.74, 6) is 1.68. The van der Waals surface area contributed by atoms with Crippen LogP contribution in [0.1, 0.15) is 0 Å². The van der Waals surface area contributed by atoms with Gasteiger partial charge in [-0.2, -0.15) is 0 Å². The minimum Gasteiger partial charge on any atom is -0.490 e. The molecule has 0 amide bonds. The monoisotopic (exact) mass is 188 g/mol. The molecule has 1 aliphatic rings. The summed E-state index contributed by atoms with van der Waals surface area (Å²) in [7, 11) is 0. The lowest BCUT2D eigenvalue weighted by Crippen LogP contribution is -2.08. The lowest BCUT2D eigenvalue weighted by Gasteiger charge is -2.13. The van der Waals surface area contributed by atoms with Gasteiger partial charge in [0.1, 0.15) is 0 Å². The van der Waals surface area contributed by atoms with Crippen molar-refractivity contribution in [3.8, 4) is 5.75 Å². The van der Waals surface area contributed by atoms with E-state index in [2.05, 4.69) is 10.2 Å². The van der Waals surface area contributed by atoms with Crippen LogP contribution >= 0.6 is 23.4 Å². The molecule has 0 saturated heterocycles. The molecule has 0 atom stereocenters. The van der Waals surface area contributed by atoms with Crippen molar-refractivity contribution in [3.63, 3.8) is 0 Å². The van der Waals surface area contributed by atoms with Crippen molar-refractivity contribution < 1.29 is 4.74 Å². The Hall–Kier alpha value is -0.480. The van der Waals surface area contributed by atoms with Crippen LogP contribution in [0.5, 0.6) is 5.75 Å². The van der Waals surface area contributed by atoms with Gasteiger partial charge in [0, 0.05) is 11.8 Å². The van der Waals surface area contributed by atoms with Gasteiger partial charge in [0.2, 0.25) is 0 Å². The number of ether oxygens (including phenoxy) is 1. The van der Waals surface area contributed by atoms with Crippen LogP contribution in [0.15, 0.2) is 11.1 Å². The smallest absolute Gasteiger partial charge is 0.161 e. The lowest BCUT2D eigenvalue weighted by molar-refractivity contribution is 0.324. The van der Waals surface area contributed by atoms with E-state index in [1.54, 1.807) is 17.8 Å². The molecule has 5 heteroatoms. The minimum atomic E-state index is 0.381. The number of fused-ring (bicyclic) bond motifs is 1. The summed E-state index contributed by atoms with van der Waals surface area (Å²) >= 11 is 7.25. The Bertz CT molecular complexity index is 281. The second kappa shape index (κ2) is 2.87. The molecule has 0 N–H and O–H groups in total. The molecule has 1 aliphatic heterocycles. The summed E-state index contributed by atoms with van der Waals surface area (Å²) in [4.78, 5) is 0. The van der Waals surface area contributed by atoms with E-state index in [1.165, 1.54) is 0 Å². The van der Waals surface area contributed by atoms with Crippen LogP contribution in [0.2, 0.25) is 5.15 Å². The predicted molar refractivity (Wildman–Crippen MR) is 43.3 cm³/mol. The van der Waals surface area contributed by atoms with Crippen molar-refractivity contribution in [1.82, 2.24) is 10.2 Å². The third kappa shape index (κ3) is 1.41. The van der Waals surface area contributed by atoms with Gasteiger partial charge in [-0.3, -0.25) is 0 Å². The molecule has 0 saturated carbocycles. The zero-order valence-corrected chi connectivity index (χ0v) is 7.15. The maximum absolute atomic E-state index is 5.61. The second-order valence-corrected chi connectivity index (χ2v) is 3.50. The maximum Gasteiger partial charge on any atom is 0.161 e. The Kier molecular flexibility index (Phi) is 1.87. The van der Waals surface area contributed by atoms with E-state index in [-0.39, 0.29) is 0 Å². The Balaban J connectivity index is 2.43. The summed E-state index contributed by atoms with van der Waals surface area (Å²) in [5, 5.41) is 8.80. The average Bonchev–Trinajstić information content (AvgIpc) is 2.04. The van der Waals surface area contributed by atoms with Gasteiger partial charge in [0.25, 0.3) is 0 Å². The van der Waals surface area contributed by atoms with E-state index in [0.717, 1.165) is 23.1 Å². The molecule has 0 aliphatic carbocycles. The number of aromatic nitrogens is 2. The van der Waals surface area contributed by atoms with Crippen molar-refractivity contribution in [2.24, 2.45) is 0 Å². The third-order valence-electron chi connectivity index (χ3n) is 1.28. The summed E-state index contributed by atoms with van der Waals surface area (Å²) in [6, 6.07) is 1.69. The first-order valence-electron chi connectivity index (χ1n) is 3.15. The van der Waals surface area contributed by atoms with Gasteiger partial charge in [0.15, 0.2) is 15.9 Å². The van der Waals surface area contributed by atoms with Crippen LogP contribution in [0, 0.1) is 0 Å². The quantitative estimate of drug-likeness (QED) is 0.620. The number of halogens is 1. The van der Waals surface area contributed by atoms with Crippen LogP contribution in [0.25, 0.3) is 0 Å². The molecule has 2 heterocycles. The van der Waals surface area contributed by atoms with Gasteiger partial charge in [-0.1, -0.05) is 23.4 Å². The molecule has 1 aromatic rings. The van der Waals surface area contributed by atoms with E-state index in [0.29, 0.717) is 5.15 Å². The highest BCUT2D eigenvalue weighted by atomic mass is 35.5. The Morgan fingerprint density at radius 2 is 2.45 bits per heavy atom. The fourth-order valence-corrected chi connectivity index (χ4v) is 1.69. The highest BCUT2D eigenvalue weighted by Crippen LogP contribution is 2.31. The van der Waals surface area contributed by atoms with Gasteiger partial charge in [-0.25, -0.2) is 0 Å². The van der Waals surface area contributed by atoms with Crippen molar-refractivity contribution in [1.29, 1.82) is 0 Å². The summed E-state index contributed by atoms with van der Waals surface area (Å²) in [6.45, 7) is 0.722. The van der Waals surface area contributed by atoms with Crippen LogP contribution in [0.3, 0.4) is 0 Å². The largest absolute Gasteiger partial charge is 0.490 e. The van der Waals surface area contributed by atoms with Crippen molar-refractivity contribution in [2.45, 2.75) is 5.03 Å². The van der Waals surface area contributed by atoms with E-state index in [4.69, 9.17) is 16.3 Å². The highest BCUT2D eigenvalue weighted by Gasteiger charge is 2.12. The summed E-state index contributed by atoms with van der Waals surface area (Å²) in [6.07, 6.45) is 0. The minimum absolute atomic E-state index is 0.381. The number of hydrogen-bond donors (Lipinski definition) is 0. The topological polar surface area (TPSA) is 35.0 Å². The molecular formula is C6H5ClN2OS. The molecule has 0 radical (unpaired) electrons. The first-order chi connectivity index (χ1) is 5.36. The van der Waals surface area contributed by atoms with Crippen molar-refractivity contribution in [2.75, 3.05) is 12.4 Å². The van der Waals surface area contributed by atoms with Crippen molar-refractivity contribution in [3.05, 3.63) is 11.2 Å². The number of rotatable bonds is 0. The van der Waals surface area contributed by atoms with Crippen LogP contribution in [0.4, 0.5) is 0 Å². The molecule has 0 spiro atoms. The normalized spacial score (nSPS) is 15.4. The number of thioether (sulfide) groups is 1. The molecule has 0 unspecified atom stereocenters. The summed E-state index contributed by atoms with van der Waals surface area (Å²) < 4.78 is 5.30. The second-order valence-electron chi connectivity index (χ2n) is 2.03. The van der Waals surface area contributed by atoms with E-state index in [9.17, 15) is 0 Å². The lowest BCUT2D eigenvalue weighted by atomic mass is 10.5. The van der Waals surface area contributed by atoms with Crippen LogP contribution < -0.4 is 4.74 Å². The van der Waals surface area contributed by atoms with Gasteiger partial charge >= 0.3 is 0 Å². The van der Waals surface area contributed by atoms with E-state index >= 15 is 0 Å². The Morgan fingerprint density at radius 3 is 3.36 bits per heavy atom. The predicted octanol–water partition coefficient (Wildman–Crippen LogP) is 1.61. The molecule has 0 fully saturated rings. The Morgan fingerprint density at radius 1 is 1.55 bits per heavy atom. The van der Waals surface area contributed by atoms with Gasteiger partial charge in [-0.05, 0) is 0 Å². The number of nitrogens with zero attached hydrogens (tertiary/aromatic N) is 2. The van der Waals surface area contributed by atoms with Crippen LogP contribution in [-0.4, -0.2) is 22.6 Å². The zero-order chi connectivity index (χ0) is 7.68.